The molecule has 0 radical (unpaired) electrons. The lowest BCUT2D eigenvalue weighted by molar-refractivity contribution is 0.0920. The number of nitrogens with one attached hydrogen (secondary N) is 1. The Hall–Kier alpha value is -4.07. The van der Waals surface area contributed by atoms with Crippen molar-refractivity contribution in [3.05, 3.63) is 102 Å². The molecule has 4 rings (SSSR count). The first-order valence-corrected chi connectivity index (χ1v) is 9.27. The summed E-state index contributed by atoms with van der Waals surface area (Å²) < 4.78 is 21.0. The fourth-order valence-electron chi connectivity index (χ4n) is 2.95. The van der Waals surface area contributed by atoms with E-state index >= 15 is 0 Å². The van der Waals surface area contributed by atoms with Crippen LogP contribution in [0.4, 0.5) is 4.39 Å². The molecule has 0 aliphatic heterocycles. The molecule has 0 aliphatic carbocycles. The molecular formula is C22H18FN5O2. The Morgan fingerprint density at radius 3 is 2.60 bits per heavy atom. The standard InChI is InChI=1S/C22H18FN5O2/c23-19-11-4-5-12-21(19)30-14-20(16-7-2-1-3-8-16)25-22(29)17-9-6-10-18(13-17)28-15-24-26-27-28/h1-13,15,20H,14H2,(H,25,29). The van der Waals surface area contributed by atoms with E-state index in [0.29, 0.717) is 11.3 Å². The first kappa shape index (κ1) is 19.3. The van der Waals surface area contributed by atoms with Gasteiger partial charge in [-0.05, 0) is 46.3 Å². The zero-order chi connectivity index (χ0) is 20.8. The van der Waals surface area contributed by atoms with Crippen molar-refractivity contribution in [3.63, 3.8) is 0 Å². The Labute approximate surface area is 172 Å². The van der Waals surface area contributed by atoms with Crippen LogP contribution in [0, 0.1) is 5.82 Å². The minimum absolute atomic E-state index is 0.0728. The highest BCUT2D eigenvalue weighted by atomic mass is 19.1. The molecule has 1 aromatic heterocycles. The van der Waals surface area contributed by atoms with Crippen molar-refractivity contribution in [1.82, 2.24) is 25.5 Å². The Morgan fingerprint density at radius 1 is 1.03 bits per heavy atom. The summed E-state index contributed by atoms with van der Waals surface area (Å²) in [4.78, 5) is 12.9. The third-order valence-corrected chi connectivity index (χ3v) is 4.47. The van der Waals surface area contributed by atoms with E-state index in [0.717, 1.165) is 5.56 Å². The molecule has 0 spiro atoms. The average Bonchev–Trinajstić information content (AvgIpc) is 3.33. The van der Waals surface area contributed by atoms with Gasteiger partial charge in [0.25, 0.3) is 5.91 Å². The maximum Gasteiger partial charge on any atom is 0.251 e. The zero-order valence-corrected chi connectivity index (χ0v) is 15.9. The minimum atomic E-state index is -0.477. The average molecular weight is 403 g/mol. The van der Waals surface area contributed by atoms with Gasteiger partial charge in [-0.1, -0.05) is 48.5 Å². The number of benzene rings is 3. The number of aromatic nitrogens is 4. The van der Waals surface area contributed by atoms with Crippen LogP contribution in [-0.4, -0.2) is 32.7 Å². The number of tetrazole rings is 1. The number of amides is 1. The smallest absolute Gasteiger partial charge is 0.251 e. The molecule has 7 nitrogen and oxygen atoms in total. The van der Waals surface area contributed by atoms with Crippen molar-refractivity contribution in [2.45, 2.75) is 6.04 Å². The number of hydrogen-bond acceptors (Lipinski definition) is 5. The molecule has 0 fully saturated rings. The van der Waals surface area contributed by atoms with Crippen LogP contribution >= 0.6 is 0 Å². The number of rotatable bonds is 7. The molecule has 0 aliphatic rings. The van der Waals surface area contributed by atoms with Gasteiger partial charge in [0, 0.05) is 5.56 Å². The molecular weight excluding hydrogens is 385 g/mol. The number of para-hydroxylation sites is 1. The minimum Gasteiger partial charge on any atom is -0.488 e. The second-order valence-electron chi connectivity index (χ2n) is 6.48. The summed E-state index contributed by atoms with van der Waals surface area (Å²) in [5.74, 6) is -0.617. The van der Waals surface area contributed by atoms with Crippen LogP contribution in [0.5, 0.6) is 5.75 Å². The van der Waals surface area contributed by atoms with Crippen molar-refractivity contribution < 1.29 is 13.9 Å². The topological polar surface area (TPSA) is 81.9 Å². The highest BCUT2D eigenvalue weighted by molar-refractivity contribution is 5.95. The Bertz CT molecular complexity index is 1120. The molecule has 0 saturated carbocycles. The molecule has 8 heteroatoms. The van der Waals surface area contributed by atoms with Gasteiger partial charge in [0.15, 0.2) is 11.6 Å². The fraction of sp³-hybridized carbons (Fsp3) is 0.0909. The zero-order valence-electron chi connectivity index (χ0n) is 15.9. The summed E-state index contributed by atoms with van der Waals surface area (Å²) in [5.41, 5.74) is 1.94. The number of carbonyl (C=O) groups excluding carboxylic acids is 1. The number of halogens is 1. The molecule has 0 saturated heterocycles. The molecule has 1 atom stereocenters. The van der Waals surface area contributed by atoms with Crippen LogP contribution in [-0.2, 0) is 0 Å². The summed E-state index contributed by atoms with van der Waals surface area (Å²) in [6, 6.07) is 22.0. The van der Waals surface area contributed by atoms with Crippen LogP contribution in [0.25, 0.3) is 5.69 Å². The lowest BCUT2D eigenvalue weighted by Gasteiger charge is -2.20. The predicted molar refractivity (Wildman–Crippen MR) is 108 cm³/mol. The highest BCUT2D eigenvalue weighted by Crippen LogP contribution is 2.20. The van der Waals surface area contributed by atoms with Crippen LogP contribution in [0.3, 0.4) is 0 Å². The predicted octanol–water partition coefficient (Wildman–Crippen LogP) is 3.35. The first-order valence-electron chi connectivity index (χ1n) is 9.27. The number of hydrogen-bond donors (Lipinski definition) is 1. The fourth-order valence-corrected chi connectivity index (χ4v) is 2.95. The van der Waals surface area contributed by atoms with E-state index in [1.54, 1.807) is 42.5 Å². The van der Waals surface area contributed by atoms with E-state index in [-0.39, 0.29) is 18.3 Å². The van der Waals surface area contributed by atoms with E-state index in [1.165, 1.54) is 17.1 Å². The molecule has 1 heterocycles. The monoisotopic (exact) mass is 403 g/mol. The molecule has 1 amide bonds. The van der Waals surface area contributed by atoms with Crippen LogP contribution in [0.2, 0.25) is 0 Å². The molecule has 1 unspecified atom stereocenters. The van der Waals surface area contributed by atoms with Gasteiger partial charge in [-0.2, -0.15) is 0 Å². The number of nitrogens with zero attached hydrogens (tertiary/aromatic N) is 4. The molecule has 30 heavy (non-hydrogen) atoms. The quantitative estimate of drug-likeness (QED) is 0.512. The van der Waals surface area contributed by atoms with E-state index < -0.39 is 11.9 Å². The number of ether oxygens (including phenoxy) is 1. The van der Waals surface area contributed by atoms with Gasteiger partial charge in [-0.15, -0.1) is 5.10 Å². The molecule has 150 valence electrons. The van der Waals surface area contributed by atoms with Crippen molar-refractivity contribution in [2.75, 3.05) is 6.61 Å². The van der Waals surface area contributed by atoms with E-state index in [9.17, 15) is 9.18 Å². The molecule has 4 aromatic rings. The number of carbonyl (C=O) groups is 1. The lowest BCUT2D eigenvalue weighted by atomic mass is 10.1. The van der Waals surface area contributed by atoms with Crippen LogP contribution in [0.1, 0.15) is 22.0 Å². The second-order valence-corrected chi connectivity index (χ2v) is 6.48. The maximum atomic E-state index is 13.9. The van der Waals surface area contributed by atoms with Crippen molar-refractivity contribution in [3.8, 4) is 11.4 Å². The van der Waals surface area contributed by atoms with Crippen molar-refractivity contribution in [2.24, 2.45) is 0 Å². The third-order valence-electron chi connectivity index (χ3n) is 4.47. The molecule has 0 bridgehead atoms. The molecule has 1 N–H and O–H groups in total. The van der Waals surface area contributed by atoms with E-state index in [4.69, 9.17) is 4.74 Å². The van der Waals surface area contributed by atoms with Gasteiger partial charge in [0.05, 0.1) is 11.7 Å². The van der Waals surface area contributed by atoms with E-state index in [2.05, 4.69) is 20.8 Å². The lowest BCUT2D eigenvalue weighted by Crippen LogP contribution is -2.32. The van der Waals surface area contributed by atoms with Gasteiger partial charge >= 0.3 is 0 Å². The van der Waals surface area contributed by atoms with Gasteiger partial charge in [-0.25, -0.2) is 9.07 Å². The SMILES string of the molecule is O=C(NC(COc1ccccc1F)c1ccccc1)c1cccc(-n2cnnn2)c1. The first-order chi connectivity index (χ1) is 14.7. The second kappa shape index (κ2) is 8.95. The van der Waals surface area contributed by atoms with Gasteiger partial charge in [-0.3, -0.25) is 4.79 Å². The van der Waals surface area contributed by atoms with Crippen molar-refractivity contribution >= 4 is 5.91 Å². The summed E-state index contributed by atoms with van der Waals surface area (Å²) in [5, 5.41) is 14.0. The Kier molecular flexibility index (Phi) is 5.75. The van der Waals surface area contributed by atoms with Gasteiger partial charge in [0.1, 0.15) is 12.9 Å². The Morgan fingerprint density at radius 2 is 1.83 bits per heavy atom. The van der Waals surface area contributed by atoms with Gasteiger partial charge < -0.3 is 10.1 Å². The Balaban J connectivity index is 1.53. The highest BCUT2D eigenvalue weighted by Gasteiger charge is 2.18. The largest absolute Gasteiger partial charge is 0.488 e. The van der Waals surface area contributed by atoms with Gasteiger partial charge in [0.2, 0.25) is 0 Å². The van der Waals surface area contributed by atoms with Crippen LogP contribution in [0.15, 0.2) is 85.2 Å². The van der Waals surface area contributed by atoms with Crippen LogP contribution < -0.4 is 10.1 Å². The van der Waals surface area contributed by atoms with E-state index in [1.807, 2.05) is 30.3 Å². The third kappa shape index (κ3) is 4.49. The maximum absolute atomic E-state index is 13.9. The molecule has 3 aromatic carbocycles. The summed E-state index contributed by atoms with van der Waals surface area (Å²) in [6.07, 6.45) is 1.45. The summed E-state index contributed by atoms with van der Waals surface area (Å²) >= 11 is 0. The van der Waals surface area contributed by atoms with Crippen molar-refractivity contribution in [1.29, 1.82) is 0 Å². The summed E-state index contributed by atoms with van der Waals surface area (Å²) in [7, 11) is 0. The normalized spacial score (nSPS) is 11.6. The summed E-state index contributed by atoms with van der Waals surface area (Å²) in [6.45, 7) is 0.0728.